The van der Waals surface area contributed by atoms with Crippen molar-refractivity contribution in [3.63, 3.8) is 0 Å². The van der Waals surface area contributed by atoms with Crippen LogP contribution in [-0.2, 0) is 11.3 Å². The zero-order chi connectivity index (χ0) is 25.5. The number of likely N-dealkylation sites (tertiary alicyclic amines) is 1. The molecular formula is C30H33N7O. The topological polar surface area (TPSA) is 74.6 Å². The van der Waals surface area contributed by atoms with Crippen LogP contribution in [0.2, 0.25) is 0 Å². The maximum Gasteiger partial charge on any atom is 0.177 e. The molecule has 0 unspecified atom stereocenters. The van der Waals surface area contributed by atoms with Gasteiger partial charge in [0.2, 0.25) is 0 Å². The molecule has 2 saturated heterocycles. The normalized spacial score (nSPS) is 19.5. The van der Waals surface area contributed by atoms with Gasteiger partial charge in [0.25, 0.3) is 0 Å². The van der Waals surface area contributed by atoms with Crippen molar-refractivity contribution < 1.29 is 4.74 Å². The minimum absolute atomic E-state index is 0.283. The molecule has 5 aromatic rings. The molecule has 0 saturated carbocycles. The summed E-state index contributed by atoms with van der Waals surface area (Å²) in [6.07, 6.45) is 10.1. The van der Waals surface area contributed by atoms with Crippen molar-refractivity contribution in [1.29, 1.82) is 0 Å². The van der Waals surface area contributed by atoms with Gasteiger partial charge in [-0.3, -0.25) is 9.88 Å². The van der Waals surface area contributed by atoms with Crippen LogP contribution in [0.15, 0.2) is 67.3 Å². The van der Waals surface area contributed by atoms with E-state index in [1.54, 1.807) is 0 Å². The van der Waals surface area contributed by atoms with E-state index in [4.69, 9.17) is 14.8 Å². The third-order valence-corrected chi connectivity index (χ3v) is 8.14. The van der Waals surface area contributed by atoms with Crippen LogP contribution in [0.4, 0.5) is 5.69 Å². The lowest BCUT2D eigenvalue weighted by atomic mass is 9.94. The molecule has 1 aromatic carbocycles. The number of morpholine rings is 1. The molecular weight excluding hydrogens is 474 g/mol. The molecule has 4 aromatic heterocycles. The van der Waals surface area contributed by atoms with Crippen molar-refractivity contribution in [3.05, 3.63) is 78.5 Å². The second kappa shape index (κ2) is 9.85. The zero-order valence-electron chi connectivity index (χ0n) is 21.8. The lowest BCUT2D eigenvalue weighted by molar-refractivity contribution is 0.0990. The summed E-state index contributed by atoms with van der Waals surface area (Å²) < 4.78 is 7.89. The van der Waals surface area contributed by atoms with Gasteiger partial charge in [-0.25, -0.2) is 9.50 Å². The molecule has 6 heterocycles. The van der Waals surface area contributed by atoms with Gasteiger partial charge in [0.15, 0.2) is 5.65 Å². The monoisotopic (exact) mass is 507 g/mol. The first-order valence-electron chi connectivity index (χ1n) is 13.6. The average Bonchev–Trinajstić information content (AvgIpc) is 3.61. The van der Waals surface area contributed by atoms with Gasteiger partial charge in [0.1, 0.15) is 0 Å². The Kier molecular flexibility index (Phi) is 6.06. The Bertz CT molecular complexity index is 1550. The number of H-pyrrole nitrogens is 1. The number of piperidine rings is 1. The standard InChI is InChI=1S/C30H33N7O/c1-21-20-38-14-13-36(21)28-16-27(24-4-5-26-25(15-24)6-10-32-26)34-37-29(18-33-30(28)37)23-7-11-35(12-8-23)19-22-3-2-9-31-17-22/h2-6,9-10,15-18,21,23,32H,7-8,11-14,19-20H2,1H3/t21-/m0/s1. The molecule has 1 N–H and O–H groups in total. The van der Waals surface area contributed by atoms with Crippen LogP contribution >= 0.6 is 0 Å². The van der Waals surface area contributed by atoms with Crippen molar-refractivity contribution >= 4 is 22.2 Å². The van der Waals surface area contributed by atoms with E-state index in [1.807, 2.05) is 24.7 Å². The molecule has 0 spiro atoms. The summed E-state index contributed by atoms with van der Waals surface area (Å²) in [7, 11) is 0. The van der Waals surface area contributed by atoms with Crippen molar-refractivity contribution in [2.24, 2.45) is 0 Å². The molecule has 2 fully saturated rings. The first-order chi connectivity index (χ1) is 18.7. The molecule has 194 valence electrons. The molecule has 0 aliphatic carbocycles. The predicted octanol–water partition coefficient (Wildman–Crippen LogP) is 4.88. The Morgan fingerprint density at radius 2 is 1.97 bits per heavy atom. The minimum Gasteiger partial charge on any atom is -0.377 e. The number of benzene rings is 1. The second-order valence-electron chi connectivity index (χ2n) is 10.6. The molecule has 1 atom stereocenters. The number of pyridine rings is 1. The highest BCUT2D eigenvalue weighted by Gasteiger charge is 2.28. The molecule has 8 heteroatoms. The van der Waals surface area contributed by atoms with Crippen molar-refractivity contribution in [2.75, 3.05) is 37.7 Å². The Balaban J connectivity index is 1.24. The smallest absolute Gasteiger partial charge is 0.177 e. The number of aromatic amines is 1. The van der Waals surface area contributed by atoms with Gasteiger partial charge in [0.05, 0.1) is 36.5 Å². The van der Waals surface area contributed by atoms with Crippen LogP contribution in [0.1, 0.15) is 36.9 Å². The molecule has 38 heavy (non-hydrogen) atoms. The third kappa shape index (κ3) is 4.33. The van der Waals surface area contributed by atoms with E-state index < -0.39 is 0 Å². The number of fused-ring (bicyclic) bond motifs is 2. The number of aromatic nitrogens is 5. The van der Waals surface area contributed by atoms with E-state index in [9.17, 15) is 0 Å². The number of hydrogen-bond acceptors (Lipinski definition) is 6. The fourth-order valence-electron chi connectivity index (χ4n) is 6.03. The fourth-order valence-corrected chi connectivity index (χ4v) is 6.03. The Hall–Kier alpha value is -3.75. The Morgan fingerprint density at radius 1 is 1.05 bits per heavy atom. The number of rotatable bonds is 5. The zero-order valence-corrected chi connectivity index (χ0v) is 21.8. The highest BCUT2D eigenvalue weighted by molar-refractivity contribution is 5.85. The summed E-state index contributed by atoms with van der Waals surface area (Å²) >= 11 is 0. The van der Waals surface area contributed by atoms with Gasteiger partial charge in [-0.15, -0.1) is 0 Å². The SMILES string of the molecule is C[C@H]1COCCN1c1cc(-c2ccc3[nH]ccc3c2)nn2c(C3CCN(Cc4cccnc4)CC3)cnc12. The summed E-state index contributed by atoms with van der Waals surface area (Å²) in [5.41, 5.74) is 7.80. The minimum atomic E-state index is 0.283. The van der Waals surface area contributed by atoms with Crippen LogP contribution in [0.25, 0.3) is 27.8 Å². The number of nitrogens with one attached hydrogen (secondary N) is 1. The highest BCUT2D eigenvalue weighted by Crippen LogP contribution is 2.34. The van der Waals surface area contributed by atoms with E-state index in [2.05, 4.69) is 73.8 Å². The molecule has 2 aliphatic rings. The average molecular weight is 508 g/mol. The first-order valence-corrected chi connectivity index (χ1v) is 13.6. The fraction of sp³-hybridized carbons (Fsp3) is 0.367. The maximum atomic E-state index is 5.76. The summed E-state index contributed by atoms with van der Waals surface area (Å²) in [6, 6.07) is 15.3. The van der Waals surface area contributed by atoms with Gasteiger partial charge in [0, 0.05) is 60.1 Å². The van der Waals surface area contributed by atoms with Gasteiger partial charge in [-0.2, -0.15) is 5.10 Å². The van der Waals surface area contributed by atoms with Crippen molar-refractivity contribution in [3.8, 4) is 11.3 Å². The van der Waals surface area contributed by atoms with E-state index in [0.29, 0.717) is 5.92 Å². The van der Waals surface area contributed by atoms with Crippen LogP contribution in [-0.4, -0.2) is 68.4 Å². The van der Waals surface area contributed by atoms with E-state index in [0.717, 1.165) is 80.3 Å². The second-order valence-corrected chi connectivity index (χ2v) is 10.6. The number of nitrogens with zero attached hydrogens (tertiary/aromatic N) is 6. The number of anilines is 1. The Labute approximate surface area is 222 Å². The highest BCUT2D eigenvalue weighted by atomic mass is 16.5. The number of imidazole rings is 1. The molecule has 0 radical (unpaired) electrons. The quantitative estimate of drug-likeness (QED) is 0.366. The lowest BCUT2D eigenvalue weighted by Crippen LogP contribution is -2.44. The predicted molar refractivity (Wildman–Crippen MR) is 149 cm³/mol. The molecule has 0 bridgehead atoms. The number of hydrogen-bond donors (Lipinski definition) is 1. The summed E-state index contributed by atoms with van der Waals surface area (Å²) in [5.74, 6) is 0.431. The van der Waals surface area contributed by atoms with Gasteiger partial charge in [-0.05, 0) is 68.8 Å². The van der Waals surface area contributed by atoms with E-state index in [-0.39, 0.29) is 6.04 Å². The molecule has 0 amide bonds. The van der Waals surface area contributed by atoms with Gasteiger partial charge >= 0.3 is 0 Å². The van der Waals surface area contributed by atoms with E-state index in [1.165, 1.54) is 16.6 Å². The Morgan fingerprint density at radius 3 is 2.82 bits per heavy atom. The van der Waals surface area contributed by atoms with E-state index >= 15 is 0 Å². The maximum absolute atomic E-state index is 5.76. The summed E-state index contributed by atoms with van der Waals surface area (Å²) in [4.78, 5) is 17.5. The van der Waals surface area contributed by atoms with Crippen LogP contribution in [0.3, 0.4) is 0 Å². The van der Waals surface area contributed by atoms with Gasteiger partial charge in [-0.1, -0.05) is 12.1 Å². The van der Waals surface area contributed by atoms with Crippen LogP contribution in [0.5, 0.6) is 0 Å². The largest absolute Gasteiger partial charge is 0.377 e. The third-order valence-electron chi connectivity index (χ3n) is 8.14. The van der Waals surface area contributed by atoms with Crippen LogP contribution < -0.4 is 4.90 Å². The summed E-state index contributed by atoms with van der Waals surface area (Å²) in [5, 5.41) is 6.40. The molecule has 7 rings (SSSR count). The van der Waals surface area contributed by atoms with Crippen molar-refractivity contribution in [1.82, 2.24) is 29.5 Å². The molecule has 2 aliphatic heterocycles. The molecule has 8 nitrogen and oxygen atoms in total. The summed E-state index contributed by atoms with van der Waals surface area (Å²) in [6.45, 7) is 7.61. The van der Waals surface area contributed by atoms with Gasteiger partial charge < -0.3 is 14.6 Å². The van der Waals surface area contributed by atoms with Crippen molar-refractivity contribution in [2.45, 2.75) is 38.3 Å². The lowest BCUT2D eigenvalue weighted by Gasteiger charge is -2.35. The van der Waals surface area contributed by atoms with Crippen LogP contribution in [0, 0.1) is 0 Å². The first kappa shape index (κ1) is 23.4. The number of ether oxygens (including phenoxy) is 1.